The van der Waals surface area contributed by atoms with Crippen molar-refractivity contribution in [3.63, 3.8) is 0 Å². The number of unbranched alkanes of at least 4 members (excludes halogenated alkanes) is 13. The van der Waals surface area contributed by atoms with Crippen molar-refractivity contribution in [1.82, 2.24) is 0 Å². The Morgan fingerprint density at radius 2 is 1.17 bits per heavy atom. The highest BCUT2D eigenvalue weighted by molar-refractivity contribution is 6.60. The predicted octanol–water partition coefficient (Wildman–Crippen LogP) is 6.84. The third-order valence-electron chi connectivity index (χ3n) is 7.38. The van der Waals surface area contributed by atoms with Crippen LogP contribution in [0, 0.1) is 11.8 Å². The van der Waals surface area contributed by atoms with Crippen LogP contribution in [0.15, 0.2) is 0 Å². The summed E-state index contributed by atoms with van der Waals surface area (Å²) in [6.07, 6.45) is 21.4. The molecule has 218 valence electrons. The maximum Gasteiger partial charge on any atom is 0.501 e. The van der Waals surface area contributed by atoms with Gasteiger partial charge in [0.1, 0.15) is 0 Å². The topological polar surface area (TPSA) is 94.2 Å². The van der Waals surface area contributed by atoms with Crippen LogP contribution in [0.2, 0.25) is 6.04 Å². The zero-order valence-electron chi connectivity index (χ0n) is 24.7. The monoisotopic (exact) mass is 533 g/mol. The molecule has 0 saturated heterocycles. The molecule has 0 bridgehead atoms. The van der Waals surface area contributed by atoms with E-state index in [1.807, 2.05) is 0 Å². The first-order chi connectivity index (χ1) is 17.2. The number of hydrogen-bond acceptors (Lipinski definition) is 6. The van der Waals surface area contributed by atoms with Crippen LogP contribution < -0.4 is 5.73 Å². The first kappa shape index (κ1) is 36.0. The lowest BCUT2D eigenvalue weighted by Crippen LogP contribution is -2.48. The molecule has 0 fully saturated rings. The zero-order valence-corrected chi connectivity index (χ0v) is 25.7. The predicted molar refractivity (Wildman–Crippen MR) is 154 cm³/mol. The molecule has 0 aromatic carbocycles. The molecule has 0 aliphatic carbocycles. The van der Waals surface area contributed by atoms with Gasteiger partial charge >= 0.3 is 8.80 Å². The van der Waals surface area contributed by atoms with Gasteiger partial charge in [-0.25, -0.2) is 0 Å². The third-order valence-corrected chi connectivity index (χ3v) is 10.5. The molecule has 0 spiro atoms. The Morgan fingerprint density at radius 3 is 1.53 bits per heavy atom. The number of aliphatic hydroxyl groups excluding tert-OH is 2. The molecule has 7 heteroatoms. The van der Waals surface area contributed by atoms with E-state index in [1.54, 1.807) is 7.11 Å². The molecule has 36 heavy (non-hydrogen) atoms. The van der Waals surface area contributed by atoms with Gasteiger partial charge in [0.15, 0.2) is 0 Å². The van der Waals surface area contributed by atoms with E-state index in [2.05, 4.69) is 27.7 Å². The van der Waals surface area contributed by atoms with Gasteiger partial charge in [-0.2, -0.15) is 0 Å². The van der Waals surface area contributed by atoms with E-state index < -0.39 is 8.80 Å². The average molecular weight is 534 g/mol. The summed E-state index contributed by atoms with van der Waals surface area (Å²) in [5, 5.41) is 18.4. The highest BCUT2D eigenvalue weighted by Crippen LogP contribution is 2.32. The van der Waals surface area contributed by atoms with Crippen LogP contribution in [-0.4, -0.2) is 58.1 Å². The van der Waals surface area contributed by atoms with E-state index in [0.29, 0.717) is 17.9 Å². The summed E-state index contributed by atoms with van der Waals surface area (Å²) in [5.74, 6) is 0.734. The lowest BCUT2D eigenvalue weighted by atomic mass is 9.79. The zero-order chi connectivity index (χ0) is 27.1. The molecule has 0 amide bonds. The summed E-state index contributed by atoms with van der Waals surface area (Å²) in [4.78, 5) is 0. The molecule has 6 nitrogen and oxygen atoms in total. The summed E-state index contributed by atoms with van der Waals surface area (Å²) in [5.41, 5.74) is 6.35. The Balaban J connectivity index is 4.25. The van der Waals surface area contributed by atoms with Crippen LogP contribution in [0.4, 0.5) is 0 Å². The Hall–Kier alpha value is -0.0231. The van der Waals surface area contributed by atoms with E-state index >= 15 is 0 Å². The van der Waals surface area contributed by atoms with Gasteiger partial charge in [0, 0.05) is 18.7 Å². The molecule has 0 aromatic heterocycles. The van der Waals surface area contributed by atoms with Crippen LogP contribution >= 0.6 is 0 Å². The molecule has 0 aliphatic heterocycles. The Labute approximate surface area is 225 Å². The normalized spacial score (nSPS) is 14.3. The summed E-state index contributed by atoms with van der Waals surface area (Å²) in [6, 6.07) is 0.662. The van der Waals surface area contributed by atoms with Crippen molar-refractivity contribution in [2.45, 2.75) is 142 Å². The largest absolute Gasteiger partial charge is 0.501 e. The van der Waals surface area contributed by atoms with E-state index in [4.69, 9.17) is 19.0 Å². The quantitative estimate of drug-likeness (QED) is 0.0790. The average Bonchev–Trinajstić information content (AvgIpc) is 2.84. The molecule has 4 N–H and O–H groups in total. The molecule has 0 radical (unpaired) electrons. The van der Waals surface area contributed by atoms with Crippen molar-refractivity contribution >= 4 is 8.80 Å². The van der Waals surface area contributed by atoms with Gasteiger partial charge in [-0.15, -0.1) is 0 Å². The van der Waals surface area contributed by atoms with E-state index in [-0.39, 0.29) is 32.0 Å². The van der Waals surface area contributed by atoms with Gasteiger partial charge in [-0.3, -0.25) is 0 Å². The summed E-state index contributed by atoms with van der Waals surface area (Å²) < 4.78 is 17.4. The molecule has 0 aromatic rings. The minimum atomic E-state index is -2.93. The first-order valence-corrected chi connectivity index (χ1v) is 17.0. The van der Waals surface area contributed by atoms with Crippen molar-refractivity contribution in [3.8, 4) is 0 Å². The van der Waals surface area contributed by atoms with Crippen LogP contribution in [-0.2, 0) is 13.3 Å². The van der Waals surface area contributed by atoms with Crippen LogP contribution in [0.1, 0.15) is 130 Å². The fraction of sp³-hybridized carbons (Fsp3) is 1.00. The highest BCUT2D eigenvalue weighted by atomic mass is 28.4. The van der Waals surface area contributed by atoms with Gasteiger partial charge in [0.25, 0.3) is 0 Å². The summed E-state index contributed by atoms with van der Waals surface area (Å²) in [6.45, 7) is 8.97. The standard InChI is InChI=1S/C29H63NO5Si/c1-6-7-8-9-10-11-12-13-14-15-16-17-18-19-20-28(29(3,4)30)25-27(2)26-36(33-5,34-23-21-31)35-24-22-32/h27-28,31-32H,6-26,30H2,1-5H3. The van der Waals surface area contributed by atoms with Crippen LogP contribution in [0.5, 0.6) is 0 Å². The molecule has 2 unspecified atom stereocenters. The highest BCUT2D eigenvalue weighted by Gasteiger charge is 2.42. The van der Waals surface area contributed by atoms with Crippen LogP contribution in [0.3, 0.4) is 0 Å². The Morgan fingerprint density at radius 1 is 0.750 bits per heavy atom. The number of hydrogen-bond donors (Lipinski definition) is 3. The van der Waals surface area contributed by atoms with Crippen molar-refractivity contribution in [2.75, 3.05) is 33.5 Å². The molecule has 0 heterocycles. The van der Waals surface area contributed by atoms with Crippen molar-refractivity contribution in [2.24, 2.45) is 17.6 Å². The van der Waals surface area contributed by atoms with E-state index in [0.717, 1.165) is 12.8 Å². The maximum atomic E-state index is 9.21. The fourth-order valence-electron chi connectivity index (χ4n) is 5.14. The fourth-order valence-corrected chi connectivity index (χ4v) is 7.68. The van der Waals surface area contributed by atoms with Gasteiger partial charge in [0.05, 0.1) is 26.4 Å². The number of rotatable bonds is 27. The first-order valence-electron chi connectivity index (χ1n) is 15.1. The lowest BCUT2D eigenvalue weighted by Gasteiger charge is -2.35. The van der Waals surface area contributed by atoms with Gasteiger partial charge in [-0.05, 0) is 38.5 Å². The second-order valence-electron chi connectivity index (χ2n) is 11.5. The van der Waals surface area contributed by atoms with Crippen molar-refractivity contribution < 1.29 is 23.5 Å². The SMILES string of the molecule is CCCCCCCCCCCCCCCCC(CC(C)C[Si](OC)(OCCO)OCCO)C(C)(C)N. The van der Waals surface area contributed by atoms with E-state index in [9.17, 15) is 10.2 Å². The van der Waals surface area contributed by atoms with Gasteiger partial charge in [0.2, 0.25) is 0 Å². The minimum absolute atomic E-state index is 0.0768. The lowest BCUT2D eigenvalue weighted by molar-refractivity contribution is 0.0460. The number of aliphatic hydroxyl groups is 2. The molecule has 0 aliphatic rings. The van der Waals surface area contributed by atoms with Gasteiger partial charge < -0.3 is 29.2 Å². The molecule has 2 atom stereocenters. The smallest absolute Gasteiger partial charge is 0.394 e. The molecular weight excluding hydrogens is 470 g/mol. The minimum Gasteiger partial charge on any atom is -0.394 e. The third kappa shape index (κ3) is 19.1. The summed E-state index contributed by atoms with van der Waals surface area (Å²) >= 11 is 0. The second-order valence-corrected chi connectivity index (χ2v) is 14.2. The Bertz CT molecular complexity index is 467. The van der Waals surface area contributed by atoms with Gasteiger partial charge in [-0.1, -0.05) is 104 Å². The van der Waals surface area contributed by atoms with Crippen LogP contribution in [0.25, 0.3) is 0 Å². The second kappa shape index (κ2) is 22.9. The van der Waals surface area contributed by atoms with Crippen molar-refractivity contribution in [1.29, 1.82) is 0 Å². The maximum absolute atomic E-state index is 9.21. The molecule has 0 rings (SSSR count). The summed E-state index contributed by atoms with van der Waals surface area (Å²) in [7, 11) is -1.33. The molecule has 0 saturated carbocycles. The number of nitrogens with two attached hydrogens (primary N) is 1. The van der Waals surface area contributed by atoms with Crippen molar-refractivity contribution in [3.05, 3.63) is 0 Å². The van der Waals surface area contributed by atoms with E-state index in [1.165, 1.54) is 89.9 Å². The Kier molecular flexibility index (Phi) is 22.9. The molecular formula is C29H63NO5Si.